The van der Waals surface area contributed by atoms with Crippen LogP contribution in [-0.4, -0.2) is 14.7 Å². The van der Waals surface area contributed by atoms with E-state index >= 15 is 0 Å². The number of benzene rings is 2. The van der Waals surface area contributed by atoms with Gasteiger partial charge in [-0.15, -0.1) is 0 Å². The maximum Gasteiger partial charge on any atom is 0.229 e. The lowest BCUT2D eigenvalue weighted by Crippen LogP contribution is -2.11. The molecule has 0 aliphatic heterocycles. The molecule has 4 nitrogen and oxygen atoms in total. The zero-order chi connectivity index (χ0) is 16.6. The molecule has 0 saturated heterocycles. The Hall–Kier alpha value is -1.79. The molecule has 1 aliphatic carbocycles. The topological polar surface area (TPSA) is 55.4 Å². The molecule has 7 heteroatoms. The number of aryl methyl sites for hydroxylation is 2. The molecule has 2 aromatic rings. The quantitative estimate of drug-likeness (QED) is 0.897. The molecule has 122 valence electrons. The van der Waals surface area contributed by atoms with Gasteiger partial charge in [0, 0.05) is 0 Å². The number of hydrogen-bond acceptors (Lipinski definition) is 3. The maximum absolute atomic E-state index is 13.1. The summed E-state index contributed by atoms with van der Waals surface area (Å²) in [4.78, 5) is 0. The zero-order valence-corrected chi connectivity index (χ0v) is 14.0. The molecule has 0 aromatic heterocycles. The van der Waals surface area contributed by atoms with Crippen molar-refractivity contribution in [1.29, 1.82) is 0 Å². The Morgan fingerprint density at radius 1 is 1.13 bits per heavy atom. The smallest absolute Gasteiger partial charge is 0.229 e. The SMILES string of the molecule is CS(=O)(=O)Nc1cc2c(cc1Oc1ccc(F)cc1Cl)CCC2. The summed E-state index contributed by atoms with van der Waals surface area (Å²) in [6, 6.07) is 7.40. The van der Waals surface area contributed by atoms with Crippen LogP contribution in [0.25, 0.3) is 0 Å². The highest BCUT2D eigenvalue weighted by molar-refractivity contribution is 7.92. The van der Waals surface area contributed by atoms with E-state index in [2.05, 4.69) is 4.72 Å². The zero-order valence-electron chi connectivity index (χ0n) is 12.4. The number of sulfonamides is 1. The molecule has 0 atom stereocenters. The Balaban J connectivity index is 2.02. The van der Waals surface area contributed by atoms with Crippen molar-refractivity contribution in [3.63, 3.8) is 0 Å². The Morgan fingerprint density at radius 3 is 2.48 bits per heavy atom. The van der Waals surface area contributed by atoms with Crippen LogP contribution in [0.15, 0.2) is 30.3 Å². The molecular weight excluding hydrogens is 341 g/mol. The number of anilines is 1. The molecule has 0 amide bonds. The lowest BCUT2D eigenvalue weighted by Gasteiger charge is -2.15. The van der Waals surface area contributed by atoms with Crippen molar-refractivity contribution in [2.75, 3.05) is 11.0 Å². The van der Waals surface area contributed by atoms with Gasteiger partial charge in [-0.2, -0.15) is 0 Å². The van der Waals surface area contributed by atoms with Gasteiger partial charge in [0.1, 0.15) is 11.6 Å². The molecule has 1 aliphatic rings. The summed E-state index contributed by atoms with van der Waals surface area (Å²) in [6.07, 6.45) is 3.93. The van der Waals surface area contributed by atoms with Gasteiger partial charge in [0.25, 0.3) is 0 Å². The van der Waals surface area contributed by atoms with Gasteiger partial charge in [0.15, 0.2) is 5.75 Å². The van der Waals surface area contributed by atoms with Crippen LogP contribution in [-0.2, 0) is 22.9 Å². The first-order valence-electron chi connectivity index (χ1n) is 7.08. The van der Waals surface area contributed by atoms with Gasteiger partial charge in [-0.3, -0.25) is 4.72 Å². The van der Waals surface area contributed by atoms with Crippen molar-refractivity contribution in [1.82, 2.24) is 0 Å². The van der Waals surface area contributed by atoms with E-state index in [-0.39, 0.29) is 10.8 Å². The van der Waals surface area contributed by atoms with Gasteiger partial charge in [-0.1, -0.05) is 11.6 Å². The van der Waals surface area contributed by atoms with Gasteiger partial charge in [-0.05, 0) is 60.7 Å². The molecule has 1 N–H and O–H groups in total. The Kier molecular flexibility index (Phi) is 4.21. The number of nitrogens with one attached hydrogen (secondary N) is 1. The van der Waals surface area contributed by atoms with E-state index in [4.69, 9.17) is 16.3 Å². The van der Waals surface area contributed by atoms with E-state index in [0.29, 0.717) is 11.4 Å². The predicted molar refractivity (Wildman–Crippen MR) is 88.4 cm³/mol. The van der Waals surface area contributed by atoms with Gasteiger partial charge in [-0.25, -0.2) is 12.8 Å². The fourth-order valence-corrected chi connectivity index (χ4v) is 3.41. The van der Waals surface area contributed by atoms with Crippen molar-refractivity contribution < 1.29 is 17.5 Å². The van der Waals surface area contributed by atoms with E-state index in [1.54, 1.807) is 6.07 Å². The molecule has 0 bridgehead atoms. The van der Waals surface area contributed by atoms with Gasteiger partial charge >= 0.3 is 0 Å². The number of rotatable bonds is 4. The third kappa shape index (κ3) is 3.76. The second kappa shape index (κ2) is 6.02. The molecule has 3 rings (SSSR count). The van der Waals surface area contributed by atoms with Crippen molar-refractivity contribution in [3.05, 3.63) is 52.3 Å². The first-order valence-corrected chi connectivity index (χ1v) is 9.35. The summed E-state index contributed by atoms with van der Waals surface area (Å²) >= 11 is 5.98. The average molecular weight is 356 g/mol. The number of ether oxygens (including phenoxy) is 1. The number of hydrogen-bond donors (Lipinski definition) is 1. The minimum Gasteiger partial charge on any atom is -0.454 e. The molecule has 0 radical (unpaired) electrons. The van der Waals surface area contributed by atoms with Crippen LogP contribution >= 0.6 is 11.6 Å². The van der Waals surface area contributed by atoms with Crippen molar-refractivity contribution in [3.8, 4) is 11.5 Å². The van der Waals surface area contributed by atoms with Crippen LogP contribution in [0.1, 0.15) is 17.5 Å². The van der Waals surface area contributed by atoms with Crippen LogP contribution in [0.4, 0.5) is 10.1 Å². The monoisotopic (exact) mass is 355 g/mol. The minimum absolute atomic E-state index is 0.121. The molecule has 0 heterocycles. The third-order valence-electron chi connectivity index (χ3n) is 3.60. The Labute approximate surface area is 139 Å². The van der Waals surface area contributed by atoms with Gasteiger partial charge in [0.05, 0.1) is 17.0 Å². The molecule has 0 unspecified atom stereocenters. The normalized spacial score (nSPS) is 13.7. The molecule has 0 spiro atoms. The lowest BCUT2D eigenvalue weighted by molar-refractivity contribution is 0.482. The summed E-state index contributed by atoms with van der Waals surface area (Å²) in [5, 5.41) is 0.121. The highest BCUT2D eigenvalue weighted by Gasteiger charge is 2.18. The summed E-state index contributed by atoms with van der Waals surface area (Å²) in [6.45, 7) is 0. The van der Waals surface area contributed by atoms with E-state index in [1.165, 1.54) is 12.1 Å². The van der Waals surface area contributed by atoms with Crippen molar-refractivity contribution >= 4 is 27.3 Å². The van der Waals surface area contributed by atoms with E-state index in [0.717, 1.165) is 42.7 Å². The van der Waals surface area contributed by atoms with Crippen LogP contribution in [0.5, 0.6) is 11.5 Å². The summed E-state index contributed by atoms with van der Waals surface area (Å²) < 4.78 is 44.5. The van der Waals surface area contributed by atoms with Gasteiger partial charge < -0.3 is 4.74 Å². The highest BCUT2D eigenvalue weighted by Crippen LogP contribution is 2.38. The maximum atomic E-state index is 13.1. The van der Waals surface area contributed by atoms with E-state index < -0.39 is 15.8 Å². The first kappa shape index (κ1) is 16.1. The van der Waals surface area contributed by atoms with Crippen molar-refractivity contribution in [2.45, 2.75) is 19.3 Å². The fraction of sp³-hybridized carbons (Fsp3) is 0.250. The van der Waals surface area contributed by atoms with E-state index in [1.807, 2.05) is 6.07 Å². The third-order valence-corrected chi connectivity index (χ3v) is 4.49. The molecule has 2 aromatic carbocycles. The second-order valence-corrected chi connectivity index (χ2v) is 7.68. The Morgan fingerprint density at radius 2 is 1.83 bits per heavy atom. The van der Waals surface area contributed by atoms with Crippen LogP contribution in [0.2, 0.25) is 5.02 Å². The van der Waals surface area contributed by atoms with E-state index in [9.17, 15) is 12.8 Å². The number of halogens is 2. The summed E-state index contributed by atoms with van der Waals surface area (Å²) in [5.74, 6) is 0.151. The lowest BCUT2D eigenvalue weighted by atomic mass is 10.1. The standard InChI is InChI=1S/C16H15ClFNO3S/c1-23(20,21)19-14-7-10-3-2-4-11(10)8-16(14)22-15-6-5-12(18)9-13(15)17/h5-9,19H,2-4H2,1H3. The fourth-order valence-electron chi connectivity index (χ4n) is 2.64. The second-order valence-electron chi connectivity index (χ2n) is 5.52. The highest BCUT2D eigenvalue weighted by atomic mass is 35.5. The summed E-state index contributed by atoms with van der Waals surface area (Å²) in [5.41, 5.74) is 2.58. The molecule has 0 saturated carbocycles. The summed E-state index contributed by atoms with van der Waals surface area (Å²) in [7, 11) is -3.45. The number of fused-ring (bicyclic) bond motifs is 1. The Bertz CT molecular complexity index is 868. The molecular formula is C16H15ClFNO3S. The van der Waals surface area contributed by atoms with Crippen LogP contribution < -0.4 is 9.46 Å². The molecule has 0 fully saturated rings. The molecule has 23 heavy (non-hydrogen) atoms. The van der Waals surface area contributed by atoms with Crippen LogP contribution in [0.3, 0.4) is 0 Å². The predicted octanol–water partition coefficient (Wildman–Crippen LogP) is 4.13. The first-order chi connectivity index (χ1) is 10.8. The van der Waals surface area contributed by atoms with Crippen LogP contribution in [0, 0.1) is 5.82 Å². The average Bonchev–Trinajstić information content (AvgIpc) is 2.87. The largest absolute Gasteiger partial charge is 0.454 e. The van der Waals surface area contributed by atoms with Crippen molar-refractivity contribution in [2.24, 2.45) is 0 Å². The minimum atomic E-state index is -3.45. The van der Waals surface area contributed by atoms with Gasteiger partial charge in [0.2, 0.25) is 10.0 Å².